The molecular weight excluding hydrogens is 327 g/mol. The Morgan fingerprint density at radius 2 is 1.70 bits per heavy atom. The Bertz CT molecular complexity index is 891. The van der Waals surface area contributed by atoms with Gasteiger partial charge in [-0.3, -0.25) is 9.78 Å². The van der Waals surface area contributed by atoms with Gasteiger partial charge in [0.2, 0.25) is 0 Å². The number of carbonyl (C=O) groups excluding carboxylic acids is 1. The highest BCUT2D eigenvalue weighted by Gasteiger charge is 2.33. The lowest BCUT2D eigenvalue weighted by Gasteiger charge is -2.12. The van der Waals surface area contributed by atoms with Crippen LogP contribution in [0.4, 0.5) is 13.2 Å². The molecule has 0 radical (unpaired) electrons. The molecule has 1 heterocycles. The van der Waals surface area contributed by atoms with Crippen molar-refractivity contribution in [3.63, 3.8) is 0 Å². The van der Waals surface area contributed by atoms with Gasteiger partial charge in [-0.2, -0.15) is 13.2 Å². The highest BCUT2D eigenvalue weighted by atomic mass is 35.5. The van der Waals surface area contributed by atoms with Gasteiger partial charge in [-0.05, 0) is 6.07 Å². The number of fused-ring (bicyclic) bond motifs is 1. The van der Waals surface area contributed by atoms with E-state index in [4.69, 9.17) is 11.6 Å². The fourth-order valence-corrected chi connectivity index (χ4v) is 2.61. The van der Waals surface area contributed by atoms with Crippen LogP contribution in [0.1, 0.15) is 21.5 Å². The maximum absolute atomic E-state index is 13.0. The summed E-state index contributed by atoms with van der Waals surface area (Å²) in [6, 6.07) is 12.0. The molecule has 1 aromatic heterocycles. The highest BCUT2D eigenvalue weighted by Crippen LogP contribution is 2.36. The largest absolute Gasteiger partial charge is 0.418 e. The lowest BCUT2D eigenvalue weighted by molar-refractivity contribution is -0.136. The molecule has 3 rings (SSSR count). The normalized spacial score (nSPS) is 11.7. The van der Waals surface area contributed by atoms with Crippen molar-refractivity contribution in [1.29, 1.82) is 0 Å². The van der Waals surface area contributed by atoms with Crippen LogP contribution < -0.4 is 0 Å². The first-order valence-electron chi connectivity index (χ1n) is 6.64. The van der Waals surface area contributed by atoms with Gasteiger partial charge in [0, 0.05) is 17.1 Å². The Balaban J connectivity index is 2.19. The molecule has 0 aliphatic rings. The van der Waals surface area contributed by atoms with Crippen molar-refractivity contribution in [1.82, 2.24) is 4.98 Å². The number of ketones is 1. The number of carbonyl (C=O) groups is 1. The second-order valence-corrected chi connectivity index (χ2v) is 5.26. The Labute approximate surface area is 134 Å². The van der Waals surface area contributed by atoms with Crippen LogP contribution in [-0.2, 0) is 6.18 Å². The number of aromatic nitrogens is 1. The van der Waals surface area contributed by atoms with E-state index < -0.39 is 11.7 Å². The highest BCUT2D eigenvalue weighted by molar-refractivity contribution is 6.39. The second-order valence-electron chi connectivity index (χ2n) is 4.88. The summed E-state index contributed by atoms with van der Waals surface area (Å²) in [5.74, 6) is -0.387. The van der Waals surface area contributed by atoms with E-state index >= 15 is 0 Å². The van der Waals surface area contributed by atoms with Crippen LogP contribution in [-0.4, -0.2) is 10.8 Å². The van der Waals surface area contributed by atoms with E-state index in [9.17, 15) is 18.0 Å². The summed E-state index contributed by atoms with van der Waals surface area (Å²) in [4.78, 5) is 16.3. The van der Waals surface area contributed by atoms with Gasteiger partial charge < -0.3 is 0 Å². The Morgan fingerprint density at radius 3 is 2.35 bits per heavy atom. The Kier molecular flexibility index (Phi) is 3.82. The third kappa shape index (κ3) is 2.80. The first-order chi connectivity index (χ1) is 10.9. The van der Waals surface area contributed by atoms with Crippen LogP contribution in [0.25, 0.3) is 10.9 Å². The number of benzene rings is 2. The van der Waals surface area contributed by atoms with Gasteiger partial charge in [-0.1, -0.05) is 54.1 Å². The molecule has 2 nitrogen and oxygen atoms in total. The number of hydrogen-bond donors (Lipinski definition) is 0. The maximum Gasteiger partial charge on any atom is 0.418 e. The predicted octanol–water partition coefficient (Wildman–Crippen LogP) is 5.14. The molecule has 6 heteroatoms. The van der Waals surface area contributed by atoms with Crippen molar-refractivity contribution in [3.8, 4) is 0 Å². The molecule has 0 saturated heterocycles. The molecule has 3 aromatic rings. The molecular formula is C17H9ClF3NO. The van der Waals surface area contributed by atoms with E-state index in [0.29, 0.717) is 5.56 Å². The van der Waals surface area contributed by atoms with E-state index in [1.807, 2.05) is 0 Å². The van der Waals surface area contributed by atoms with Gasteiger partial charge >= 0.3 is 6.18 Å². The molecule has 0 aliphatic carbocycles. The minimum Gasteiger partial charge on any atom is -0.288 e. The van der Waals surface area contributed by atoms with Crippen molar-refractivity contribution < 1.29 is 18.0 Å². The van der Waals surface area contributed by atoms with E-state index in [0.717, 1.165) is 12.3 Å². The van der Waals surface area contributed by atoms with E-state index in [-0.39, 0.29) is 27.3 Å². The number of nitrogens with zero attached hydrogens (tertiary/aromatic N) is 1. The van der Waals surface area contributed by atoms with Gasteiger partial charge in [0.1, 0.15) is 0 Å². The number of hydrogen-bond acceptors (Lipinski definition) is 2. The standard InChI is InChI=1S/C17H9ClF3NO/c18-14-11-7-4-8-13(17(19,20)21)15(11)22-9-12(14)16(23)10-5-2-1-3-6-10/h1-9H. The molecule has 0 fully saturated rings. The Hall–Kier alpha value is -2.40. The third-order valence-corrected chi connectivity index (χ3v) is 3.82. The smallest absolute Gasteiger partial charge is 0.288 e. The molecule has 0 aliphatic heterocycles. The van der Waals surface area contributed by atoms with Crippen LogP contribution in [0.2, 0.25) is 5.02 Å². The molecule has 0 atom stereocenters. The number of pyridine rings is 1. The van der Waals surface area contributed by atoms with E-state index in [2.05, 4.69) is 4.98 Å². The van der Waals surface area contributed by atoms with Gasteiger partial charge in [0.15, 0.2) is 5.78 Å². The molecule has 0 saturated carbocycles. The van der Waals surface area contributed by atoms with Crippen LogP contribution in [0.5, 0.6) is 0 Å². The summed E-state index contributed by atoms with van der Waals surface area (Å²) in [6.07, 6.45) is -3.45. The fraction of sp³-hybridized carbons (Fsp3) is 0.0588. The lowest BCUT2D eigenvalue weighted by atomic mass is 10.0. The molecule has 0 spiro atoms. The fourth-order valence-electron chi connectivity index (χ4n) is 2.32. The average Bonchev–Trinajstić information content (AvgIpc) is 2.54. The minimum absolute atomic E-state index is 0.0325. The van der Waals surface area contributed by atoms with Gasteiger partial charge in [-0.25, -0.2) is 0 Å². The summed E-state index contributed by atoms with van der Waals surface area (Å²) in [6.45, 7) is 0. The summed E-state index contributed by atoms with van der Waals surface area (Å²) in [7, 11) is 0. The zero-order valence-electron chi connectivity index (χ0n) is 11.6. The molecule has 0 N–H and O–H groups in total. The first-order valence-corrected chi connectivity index (χ1v) is 7.01. The Morgan fingerprint density at radius 1 is 1.00 bits per heavy atom. The second kappa shape index (κ2) is 5.66. The summed E-state index contributed by atoms with van der Waals surface area (Å²) >= 11 is 6.18. The van der Waals surface area contributed by atoms with Gasteiger partial charge in [-0.15, -0.1) is 0 Å². The van der Waals surface area contributed by atoms with Crippen molar-refractivity contribution in [3.05, 3.63) is 76.4 Å². The van der Waals surface area contributed by atoms with Crippen molar-refractivity contribution in [2.24, 2.45) is 0 Å². The first kappa shape index (κ1) is 15.5. The van der Waals surface area contributed by atoms with Crippen LogP contribution in [0.15, 0.2) is 54.7 Å². The zero-order valence-corrected chi connectivity index (χ0v) is 12.3. The third-order valence-electron chi connectivity index (χ3n) is 3.42. The number of alkyl halides is 3. The van der Waals surface area contributed by atoms with Crippen molar-refractivity contribution >= 4 is 28.3 Å². The molecule has 116 valence electrons. The molecule has 23 heavy (non-hydrogen) atoms. The number of halogens is 4. The zero-order chi connectivity index (χ0) is 16.6. The monoisotopic (exact) mass is 335 g/mol. The predicted molar refractivity (Wildman–Crippen MR) is 81.6 cm³/mol. The SMILES string of the molecule is O=C(c1ccccc1)c1cnc2c(C(F)(F)F)cccc2c1Cl. The van der Waals surface area contributed by atoms with E-state index in [1.165, 1.54) is 12.1 Å². The summed E-state index contributed by atoms with van der Waals surface area (Å²) < 4.78 is 39.1. The molecule has 0 unspecified atom stereocenters. The van der Waals surface area contributed by atoms with Crippen LogP contribution in [0, 0.1) is 0 Å². The molecule has 0 amide bonds. The summed E-state index contributed by atoms with van der Waals surface area (Å²) in [5, 5.41) is 0.0678. The number of rotatable bonds is 2. The van der Waals surface area contributed by atoms with E-state index in [1.54, 1.807) is 30.3 Å². The number of para-hydroxylation sites is 1. The van der Waals surface area contributed by atoms with Crippen molar-refractivity contribution in [2.45, 2.75) is 6.18 Å². The lowest BCUT2D eigenvalue weighted by Crippen LogP contribution is -2.08. The molecule has 2 aromatic carbocycles. The van der Waals surface area contributed by atoms with Gasteiger partial charge in [0.25, 0.3) is 0 Å². The quantitative estimate of drug-likeness (QED) is 0.607. The summed E-state index contributed by atoms with van der Waals surface area (Å²) in [5.41, 5.74) is -0.683. The minimum atomic E-state index is -4.54. The van der Waals surface area contributed by atoms with Gasteiger partial charge in [0.05, 0.1) is 21.7 Å². The average molecular weight is 336 g/mol. The van der Waals surface area contributed by atoms with Crippen LogP contribution >= 0.6 is 11.6 Å². The maximum atomic E-state index is 13.0. The van der Waals surface area contributed by atoms with Crippen LogP contribution in [0.3, 0.4) is 0 Å². The van der Waals surface area contributed by atoms with Crippen molar-refractivity contribution in [2.75, 3.05) is 0 Å². The molecule has 0 bridgehead atoms. The topological polar surface area (TPSA) is 30.0 Å².